The highest BCUT2D eigenvalue weighted by molar-refractivity contribution is 8.00. The van der Waals surface area contributed by atoms with Crippen LogP contribution in [0.25, 0.3) is 0 Å². The average molecular weight is 580 g/mol. The first-order valence-corrected chi connectivity index (χ1v) is 15.5. The molecule has 3 N–H and O–H groups in total. The van der Waals surface area contributed by atoms with Crippen molar-refractivity contribution in [2.45, 2.75) is 76.4 Å². The lowest BCUT2D eigenvalue weighted by Crippen LogP contribution is -2.34. The Balaban J connectivity index is 1.43. The molecule has 212 valence electrons. The fraction of sp³-hybridized carbons (Fsp3) is 0.484. The van der Waals surface area contributed by atoms with Crippen LogP contribution in [0, 0.1) is 34.5 Å². The summed E-state index contributed by atoms with van der Waals surface area (Å²) >= 11 is 2.94. The predicted octanol–water partition coefficient (Wildman–Crippen LogP) is 6.89. The molecule has 0 saturated carbocycles. The Bertz CT molecular complexity index is 1350. The first kappa shape index (κ1) is 29.9. The number of carbonyl (C=O) groups is 3. The van der Waals surface area contributed by atoms with Gasteiger partial charge in [0.2, 0.25) is 11.8 Å². The molecular weight excluding hydrogens is 542 g/mol. The summed E-state index contributed by atoms with van der Waals surface area (Å²) in [5, 5.41) is 25.6. The number of amides is 2. The van der Waals surface area contributed by atoms with Gasteiger partial charge in [0.25, 0.3) is 0 Å². The Morgan fingerprint density at radius 2 is 1.90 bits per heavy atom. The molecule has 9 heteroatoms. The Morgan fingerprint density at radius 3 is 2.55 bits per heavy atom. The van der Waals surface area contributed by atoms with E-state index in [1.54, 1.807) is 6.07 Å². The van der Waals surface area contributed by atoms with Gasteiger partial charge in [-0.1, -0.05) is 45.9 Å². The molecule has 0 spiro atoms. The second kappa shape index (κ2) is 12.6. The fourth-order valence-corrected chi connectivity index (χ4v) is 7.76. The van der Waals surface area contributed by atoms with E-state index in [0.717, 1.165) is 29.7 Å². The number of rotatable bonds is 8. The van der Waals surface area contributed by atoms with Gasteiger partial charge in [-0.15, -0.1) is 23.1 Å². The van der Waals surface area contributed by atoms with E-state index in [-0.39, 0.29) is 22.5 Å². The molecule has 2 amide bonds. The summed E-state index contributed by atoms with van der Waals surface area (Å²) in [5.41, 5.74) is 2.45. The summed E-state index contributed by atoms with van der Waals surface area (Å²) in [6, 6.07) is 9.61. The number of hydrogen-bond acceptors (Lipinski definition) is 6. The number of nitrogens with zero attached hydrogens (tertiary/aromatic N) is 1. The zero-order chi connectivity index (χ0) is 29.0. The van der Waals surface area contributed by atoms with Crippen molar-refractivity contribution in [3.05, 3.63) is 52.4 Å². The number of benzene rings is 1. The second-order valence-electron chi connectivity index (χ2n) is 11.6. The third-order valence-electron chi connectivity index (χ3n) is 7.97. The molecule has 4 rings (SSSR count). The highest BCUT2D eigenvalue weighted by atomic mass is 32.2. The molecule has 1 heterocycles. The first-order chi connectivity index (χ1) is 19.0. The second-order valence-corrected chi connectivity index (χ2v) is 14.0. The molecule has 0 fully saturated rings. The number of aliphatic carboxylic acids is 1. The van der Waals surface area contributed by atoms with Crippen molar-refractivity contribution < 1.29 is 19.5 Å². The molecule has 2 aromatic rings. The van der Waals surface area contributed by atoms with Crippen molar-refractivity contribution in [1.82, 2.24) is 0 Å². The van der Waals surface area contributed by atoms with Crippen LogP contribution in [-0.4, -0.2) is 28.1 Å². The Morgan fingerprint density at radius 1 is 1.18 bits per heavy atom. The maximum Gasteiger partial charge on any atom is 0.307 e. The zero-order valence-corrected chi connectivity index (χ0v) is 25.1. The van der Waals surface area contributed by atoms with Gasteiger partial charge < -0.3 is 15.7 Å². The van der Waals surface area contributed by atoms with Gasteiger partial charge in [-0.05, 0) is 73.6 Å². The van der Waals surface area contributed by atoms with E-state index in [2.05, 4.69) is 37.5 Å². The minimum absolute atomic E-state index is 0.150. The Kier molecular flexibility index (Phi) is 9.42. The van der Waals surface area contributed by atoms with Gasteiger partial charge >= 0.3 is 5.97 Å². The van der Waals surface area contributed by atoms with Gasteiger partial charge in [0.05, 0.1) is 22.6 Å². The van der Waals surface area contributed by atoms with Crippen molar-refractivity contribution in [3.63, 3.8) is 0 Å². The minimum Gasteiger partial charge on any atom is -0.481 e. The largest absolute Gasteiger partial charge is 0.481 e. The van der Waals surface area contributed by atoms with E-state index in [0.29, 0.717) is 41.4 Å². The van der Waals surface area contributed by atoms with Crippen LogP contribution in [0.15, 0.2) is 41.3 Å². The molecular formula is C31H37N3O4S2. The molecule has 4 atom stereocenters. The minimum atomic E-state index is -0.967. The number of carbonyl (C=O) groups excluding carboxylic acids is 2. The van der Waals surface area contributed by atoms with Crippen LogP contribution in [0.5, 0.6) is 0 Å². The van der Waals surface area contributed by atoms with E-state index in [1.807, 2.05) is 37.3 Å². The lowest BCUT2D eigenvalue weighted by molar-refractivity contribution is -0.146. The molecule has 2 aliphatic carbocycles. The third-order valence-corrected chi connectivity index (χ3v) is 10.5. The normalized spacial score (nSPS) is 21.1. The molecule has 0 radical (unpaired) electrons. The number of thiophene rings is 1. The Hall–Kier alpha value is -3.09. The van der Waals surface area contributed by atoms with Crippen LogP contribution in [0.4, 0.5) is 10.7 Å². The van der Waals surface area contributed by atoms with Crippen LogP contribution in [0.2, 0.25) is 0 Å². The predicted molar refractivity (Wildman–Crippen MR) is 161 cm³/mol. The molecule has 4 unspecified atom stereocenters. The summed E-state index contributed by atoms with van der Waals surface area (Å²) in [6.07, 6.45) is 7.82. The van der Waals surface area contributed by atoms with Gasteiger partial charge in [-0.25, -0.2) is 0 Å². The quantitative estimate of drug-likeness (QED) is 0.232. The fourth-order valence-electron chi connectivity index (χ4n) is 5.47. The van der Waals surface area contributed by atoms with E-state index in [1.165, 1.54) is 28.0 Å². The van der Waals surface area contributed by atoms with Gasteiger partial charge in [0.1, 0.15) is 11.1 Å². The van der Waals surface area contributed by atoms with Crippen molar-refractivity contribution in [2.75, 3.05) is 10.6 Å². The van der Waals surface area contributed by atoms with Crippen molar-refractivity contribution in [1.29, 1.82) is 5.26 Å². The lowest BCUT2D eigenvalue weighted by Gasteiger charge is -2.33. The van der Waals surface area contributed by atoms with Crippen LogP contribution < -0.4 is 10.6 Å². The molecule has 1 aromatic heterocycles. The number of allylic oxidation sites excluding steroid dienone is 2. The summed E-state index contributed by atoms with van der Waals surface area (Å²) in [6.45, 7) is 8.72. The van der Waals surface area contributed by atoms with Crippen LogP contribution in [0.3, 0.4) is 0 Å². The number of hydrogen-bond donors (Lipinski definition) is 3. The van der Waals surface area contributed by atoms with Gasteiger partial charge in [0, 0.05) is 15.5 Å². The summed E-state index contributed by atoms with van der Waals surface area (Å²) in [7, 11) is 0. The van der Waals surface area contributed by atoms with Crippen molar-refractivity contribution >= 4 is 51.6 Å². The molecule has 0 bridgehead atoms. The average Bonchev–Trinajstić information content (AvgIpc) is 3.27. The number of carboxylic acid groups (broad SMARTS) is 1. The molecule has 0 saturated heterocycles. The van der Waals surface area contributed by atoms with Crippen molar-refractivity contribution in [3.8, 4) is 6.07 Å². The maximum absolute atomic E-state index is 13.4. The van der Waals surface area contributed by atoms with Crippen LogP contribution >= 0.6 is 23.1 Å². The lowest BCUT2D eigenvalue weighted by atomic mass is 9.72. The third kappa shape index (κ3) is 6.79. The standard InChI is InChI=1S/C31H37N3O4S2/c1-5-25(28(36)34-29-24(17-32)21-14-13-18(31(2,3)4)15-26(21)40-29)39-20-10-8-9-19(16-20)33-27(35)22-11-6-7-12-23(22)30(37)38/h6-10,16,18,22-23,25H,5,11-15H2,1-4H3,(H,33,35)(H,34,36)(H,37,38). The SMILES string of the molecule is CCC(Sc1cccc(NC(=O)C2CC=CCC2C(=O)O)c1)C(=O)Nc1sc2c(c1C#N)CCC(C(C)(C)C)C2. The van der Waals surface area contributed by atoms with Crippen LogP contribution in [-0.2, 0) is 27.2 Å². The topological polar surface area (TPSA) is 119 Å². The summed E-state index contributed by atoms with van der Waals surface area (Å²) in [4.78, 5) is 39.9. The molecule has 1 aromatic carbocycles. The number of nitrogens with one attached hydrogen (secondary N) is 2. The summed E-state index contributed by atoms with van der Waals surface area (Å²) < 4.78 is 0. The number of anilines is 2. The monoisotopic (exact) mass is 579 g/mol. The molecule has 40 heavy (non-hydrogen) atoms. The summed E-state index contributed by atoms with van der Waals surface area (Å²) in [5.74, 6) is -2.25. The van der Waals surface area contributed by atoms with Gasteiger partial charge in [0.15, 0.2) is 0 Å². The van der Waals surface area contributed by atoms with E-state index >= 15 is 0 Å². The molecule has 7 nitrogen and oxygen atoms in total. The van der Waals surface area contributed by atoms with Gasteiger partial charge in [-0.3, -0.25) is 14.4 Å². The number of fused-ring (bicyclic) bond motifs is 1. The first-order valence-electron chi connectivity index (χ1n) is 13.8. The Labute approximate surface area is 244 Å². The molecule has 2 aliphatic rings. The van der Waals surface area contributed by atoms with Crippen molar-refractivity contribution in [2.24, 2.45) is 23.2 Å². The number of thioether (sulfide) groups is 1. The molecule has 0 aliphatic heterocycles. The number of carboxylic acids is 1. The van der Waals surface area contributed by atoms with E-state index in [9.17, 15) is 24.8 Å². The van der Waals surface area contributed by atoms with E-state index in [4.69, 9.17) is 0 Å². The zero-order valence-electron chi connectivity index (χ0n) is 23.5. The maximum atomic E-state index is 13.4. The highest BCUT2D eigenvalue weighted by Gasteiger charge is 2.35. The van der Waals surface area contributed by atoms with Crippen LogP contribution in [0.1, 0.15) is 69.4 Å². The van der Waals surface area contributed by atoms with Gasteiger partial charge in [-0.2, -0.15) is 5.26 Å². The smallest absolute Gasteiger partial charge is 0.307 e. The number of nitriles is 1. The van der Waals surface area contributed by atoms with E-state index < -0.39 is 17.8 Å². The highest BCUT2D eigenvalue weighted by Crippen LogP contribution is 2.44.